The molecule has 47 heavy (non-hydrogen) atoms. The van der Waals surface area contributed by atoms with Gasteiger partial charge in [0.25, 0.3) is 5.91 Å². The highest BCUT2D eigenvalue weighted by Gasteiger charge is 2.33. The van der Waals surface area contributed by atoms with Gasteiger partial charge in [0.15, 0.2) is 25.5 Å². The molecule has 0 saturated heterocycles. The number of esters is 1. The number of ether oxygens (including phenoxy) is 1. The highest BCUT2D eigenvalue weighted by atomic mass is 32.2. The maximum absolute atomic E-state index is 13.7. The van der Waals surface area contributed by atoms with Crippen LogP contribution >= 0.6 is 0 Å². The Morgan fingerprint density at radius 3 is 1.55 bits per heavy atom. The van der Waals surface area contributed by atoms with Gasteiger partial charge in [0.2, 0.25) is 0 Å². The lowest BCUT2D eigenvalue weighted by molar-refractivity contribution is -0.155. The molecule has 2 N–H and O–H groups in total. The number of benzene rings is 3. The predicted molar refractivity (Wildman–Crippen MR) is 175 cm³/mol. The van der Waals surface area contributed by atoms with Crippen molar-refractivity contribution in [1.82, 2.24) is 5.32 Å². The molecular weight excluding hydrogens is 647 g/mol. The summed E-state index contributed by atoms with van der Waals surface area (Å²) in [5, 5.41) is 11.9. The van der Waals surface area contributed by atoms with E-state index in [0.29, 0.717) is 0 Å². The van der Waals surface area contributed by atoms with Crippen LogP contribution in [0.25, 0.3) is 0 Å². The third kappa shape index (κ3) is 10.9. The van der Waals surface area contributed by atoms with Crippen LogP contribution in [0, 0.1) is 19.8 Å². The van der Waals surface area contributed by atoms with Gasteiger partial charge in [0.05, 0.1) is 27.2 Å². The highest BCUT2D eigenvalue weighted by molar-refractivity contribution is 7.92. The number of Topliss-reactive ketones (excluding diaryl/α,β-unsaturated/α-hetero) is 1. The average Bonchev–Trinajstić information content (AvgIpc) is 2.97. The van der Waals surface area contributed by atoms with Gasteiger partial charge in [0, 0.05) is 17.5 Å². The van der Waals surface area contributed by atoms with E-state index in [1.807, 2.05) is 0 Å². The van der Waals surface area contributed by atoms with Crippen LogP contribution in [-0.4, -0.2) is 68.7 Å². The van der Waals surface area contributed by atoms with Gasteiger partial charge in [-0.2, -0.15) is 0 Å². The maximum atomic E-state index is 13.7. The van der Waals surface area contributed by atoms with Gasteiger partial charge < -0.3 is 15.2 Å². The fourth-order valence-electron chi connectivity index (χ4n) is 4.59. The molecule has 0 saturated carbocycles. The molecule has 0 unspecified atom stereocenters. The molecule has 3 aromatic carbocycles. The van der Waals surface area contributed by atoms with E-state index < -0.39 is 72.4 Å². The van der Waals surface area contributed by atoms with Crippen molar-refractivity contribution in [1.29, 1.82) is 0 Å². The number of carboxylic acids is 1. The molecular formula is C34H39NO10S2. The normalized spacial score (nSPS) is 12.7. The fourth-order valence-corrected chi connectivity index (χ4v) is 7.82. The Bertz CT molecular complexity index is 1750. The van der Waals surface area contributed by atoms with E-state index in [-0.39, 0.29) is 33.8 Å². The third-order valence-electron chi connectivity index (χ3n) is 7.06. The van der Waals surface area contributed by atoms with Crippen molar-refractivity contribution in [2.24, 2.45) is 5.92 Å². The summed E-state index contributed by atoms with van der Waals surface area (Å²) >= 11 is 0. The summed E-state index contributed by atoms with van der Waals surface area (Å²) in [4.78, 5) is 50.2. The molecule has 0 aliphatic rings. The number of amides is 1. The van der Waals surface area contributed by atoms with Crippen LogP contribution in [0.1, 0.15) is 65.5 Å². The zero-order chi connectivity index (χ0) is 35.2. The number of nitrogens with one attached hydrogen (secondary N) is 1. The lowest BCUT2D eigenvalue weighted by Crippen LogP contribution is -2.41. The van der Waals surface area contributed by atoms with E-state index in [1.165, 1.54) is 48.5 Å². The Hall–Kier alpha value is -4.36. The molecule has 0 aromatic heterocycles. The van der Waals surface area contributed by atoms with Gasteiger partial charge in [-0.05, 0) is 77.4 Å². The summed E-state index contributed by atoms with van der Waals surface area (Å²) in [5.41, 5.74) is 0.832. The third-order valence-corrected chi connectivity index (χ3v) is 10.7. The van der Waals surface area contributed by atoms with E-state index in [4.69, 9.17) is 4.74 Å². The molecule has 0 aliphatic heterocycles. The van der Waals surface area contributed by atoms with Crippen LogP contribution in [0.2, 0.25) is 0 Å². The summed E-state index contributed by atoms with van der Waals surface area (Å²) < 4.78 is 58.6. The first kappa shape index (κ1) is 37.1. The first-order valence-electron chi connectivity index (χ1n) is 14.8. The van der Waals surface area contributed by atoms with E-state index >= 15 is 0 Å². The molecule has 0 bridgehead atoms. The molecule has 1 amide bonds. The molecule has 0 aliphatic carbocycles. The van der Waals surface area contributed by atoms with Crippen molar-refractivity contribution in [3.63, 3.8) is 0 Å². The highest BCUT2D eigenvalue weighted by Crippen LogP contribution is 2.23. The van der Waals surface area contributed by atoms with E-state index in [0.717, 1.165) is 11.1 Å². The molecule has 11 nitrogen and oxygen atoms in total. The number of aliphatic carboxylic acids is 1. The Labute approximate surface area is 275 Å². The number of sulfone groups is 2. The number of carbonyl (C=O) groups is 4. The lowest BCUT2D eigenvalue weighted by Gasteiger charge is -2.20. The monoisotopic (exact) mass is 685 g/mol. The largest absolute Gasteiger partial charge is 0.480 e. The molecule has 0 fully saturated rings. The molecule has 13 heteroatoms. The van der Waals surface area contributed by atoms with Crippen molar-refractivity contribution < 1.29 is 45.9 Å². The number of carboxylic acid groups (broad SMARTS) is 1. The molecule has 3 aromatic rings. The lowest BCUT2D eigenvalue weighted by atomic mass is 9.99. The summed E-state index contributed by atoms with van der Waals surface area (Å²) in [6.07, 6.45) is -0.473. The van der Waals surface area contributed by atoms with E-state index in [2.05, 4.69) is 5.32 Å². The van der Waals surface area contributed by atoms with Gasteiger partial charge in [0.1, 0.15) is 11.6 Å². The summed E-state index contributed by atoms with van der Waals surface area (Å²) in [7, 11) is -8.19. The number of ketones is 1. The van der Waals surface area contributed by atoms with Crippen molar-refractivity contribution in [3.05, 3.63) is 95.1 Å². The quantitative estimate of drug-likeness (QED) is 0.183. The number of hydrogen-bond donors (Lipinski definition) is 2. The zero-order valence-electron chi connectivity index (χ0n) is 26.8. The standard InChI is InChI=1S/C34H39NO10S2/c1-22-6-14-27(15-7-22)46(41,42)20-26(21-47(43,44)28-16-8-23(2)9-17-28)31(37)24-10-12-25(13-11-24)32(38)35-29(33(39)40)18-19-30(36)45-34(3,4)5/h6-17,26,29H,18-21H2,1-5H3,(H,35,38)(H,39,40)/t29-/m1/s1. The first-order chi connectivity index (χ1) is 21.8. The number of aryl methyl sites for hydroxylation is 2. The minimum Gasteiger partial charge on any atom is -0.480 e. The zero-order valence-corrected chi connectivity index (χ0v) is 28.5. The van der Waals surface area contributed by atoms with E-state index in [1.54, 1.807) is 58.9 Å². The molecule has 1 atom stereocenters. The minimum absolute atomic E-state index is 0.0128. The second-order valence-corrected chi connectivity index (χ2v) is 16.4. The van der Waals surface area contributed by atoms with Gasteiger partial charge in [-0.15, -0.1) is 0 Å². The van der Waals surface area contributed by atoms with Crippen molar-refractivity contribution in [2.75, 3.05) is 11.5 Å². The topological polar surface area (TPSA) is 178 Å². The van der Waals surface area contributed by atoms with Crippen molar-refractivity contribution in [2.45, 2.75) is 68.9 Å². The van der Waals surface area contributed by atoms with Crippen LogP contribution < -0.4 is 5.32 Å². The van der Waals surface area contributed by atoms with Crippen LogP contribution in [0.4, 0.5) is 0 Å². The first-order valence-corrected chi connectivity index (χ1v) is 18.1. The Kier molecular flexibility index (Phi) is 11.9. The average molecular weight is 686 g/mol. The second kappa shape index (κ2) is 15.0. The fraction of sp³-hybridized carbons (Fsp3) is 0.353. The molecule has 0 radical (unpaired) electrons. The van der Waals surface area contributed by atoms with Crippen LogP contribution in [0.3, 0.4) is 0 Å². The number of carbonyl (C=O) groups excluding carboxylic acids is 3. The molecule has 252 valence electrons. The van der Waals surface area contributed by atoms with Crippen LogP contribution in [0.5, 0.6) is 0 Å². The number of hydrogen-bond acceptors (Lipinski definition) is 9. The molecule has 0 heterocycles. The second-order valence-electron chi connectivity index (χ2n) is 12.3. The van der Waals surface area contributed by atoms with Crippen LogP contribution in [-0.2, 0) is 34.0 Å². The Morgan fingerprint density at radius 1 is 0.723 bits per heavy atom. The number of rotatable bonds is 14. The van der Waals surface area contributed by atoms with Gasteiger partial charge in [-0.3, -0.25) is 14.4 Å². The summed E-state index contributed by atoms with van der Waals surface area (Å²) in [6.45, 7) is 8.58. The van der Waals surface area contributed by atoms with Crippen molar-refractivity contribution >= 4 is 43.3 Å². The van der Waals surface area contributed by atoms with E-state index in [9.17, 15) is 41.1 Å². The summed E-state index contributed by atoms with van der Waals surface area (Å²) in [6, 6.07) is 15.6. The maximum Gasteiger partial charge on any atom is 0.326 e. The Balaban J connectivity index is 1.84. The Morgan fingerprint density at radius 2 is 1.15 bits per heavy atom. The predicted octanol–water partition coefficient (Wildman–Crippen LogP) is 4.36. The SMILES string of the molecule is Cc1ccc(S(=O)(=O)CC(CS(=O)(=O)c2ccc(C)cc2)C(=O)c2ccc(C(=O)N[C@H](CCC(=O)OC(C)(C)C)C(=O)O)cc2)cc1. The smallest absolute Gasteiger partial charge is 0.326 e. The van der Waals surface area contributed by atoms with Crippen molar-refractivity contribution in [3.8, 4) is 0 Å². The van der Waals surface area contributed by atoms with Crippen LogP contribution in [0.15, 0.2) is 82.6 Å². The van der Waals surface area contributed by atoms with Gasteiger partial charge in [-0.25, -0.2) is 21.6 Å². The molecule has 0 spiro atoms. The minimum atomic E-state index is -4.09. The summed E-state index contributed by atoms with van der Waals surface area (Å²) in [5.74, 6) is -6.58. The van der Waals surface area contributed by atoms with Gasteiger partial charge in [-0.1, -0.05) is 47.5 Å². The molecule has 3 rings (SSSR count). The van der Waals surface area contributed by atoms with Gasteiger partial charge >= 0.3 is 11.9 Å².